The number of amides is 2. The van der Waals surface area contributed by atoms with E-state index in [-0.39, 0.29) is 17.5 Å². The molecule has 7 heteroatoms. The zero-order chi connectivity index (χ0) is 20.8. The minimum Gasteiger partial charge on any atom is -0.455 e. The predicted molar refractivity (Wildman–Crippen MR) is 111 cm³/mol. The van der Waals surface area contributed by atoms with Crippen molar-refractivity contribution in [1.82, 2.24) is 20.5 Å². The summed E-state index contributed by atoms with van der Waals surface area (Å²) in [5.74, 6) is 0.683. The van der Waals surface area contributed by atoms with E-state index < -0.39 is 0 Å². The molecule has 7 nitrogen and oxygen atoms in total. The Morgan fingerprint density at radius 1 is 1.14 bits per heavy atom. The highest BCUT2D eigenvalue weighted by Gasteiger charge is 2.18. The standard InChI is InChI=1S/C22H28N4O3/c1-23-22(28)21-18(9-6-10-24-21)29-19-12-16-8-5-4-7-15(16)11-17(19)13-25-20(27)14-26(2)3/h6,9-12H,4-5,7-8,13-14H2,1-3H3,(H,23,28)(H,25,27). The first-order valence-corrected chi connectivity index (χ1v) is 9.89. The quantitative estimate of drug-likeness (QED) is 0.750. The number of carbonyl (C=O) groups is 2. The van der Waals surface area contributed by atoms with Crippen molar-refractivity contribution < 1.29 is 14.3 Å². The fourth-order valence-electron chi connectivity index (χ4n) is 3.46. The van der Waals surface area contributed by atoms with Gasteiger partial charge in [0.15, 0.2) is 11.4 Å². The maximum absolute atomic E-state index is 12.1. The zero-order valence-corrected chi connectivity index (χ0v) is 17.2. The number of carbonyl (C=O) groups excluding carboxylic acids is 2. The van der Waals surface area contributed by atoms with E-state index in [0.29, 0.717) is 24.6 Å². The highest BCUT2D eigenvalue weighted by atomic mass is 16.5. The predicted octanol–water partition coefficient (Wildman–Crippen LogP) is 2.29. The topological polar surface area (TPSA) is 83.6 Å². The highest BCUT2D eigenvalue weighted by molar-refractivity contribution is 5.94. The summed E-state index contributed by atoms with van der Waals surface area (Å²) in [4.78, 5) is 30.2. The molecule has 1 aliphatic rings. The number of pyridine rings is 1. The minimum atomic E-state index is -0.306. The van der Waals surface area contributed by atoms with E-state index in [1.807, 2.05) is 25.1 Å². The summed E-state index contributed by atoms with van der Waals surface area (Å²) in [5.41, 5.74) is 3.69. The molecule has 0 atom stereocenters. The number of fused-ring (bicyclic) bond motifs is 1. The van der Waals surface area contributed by atoms with Crippen molar-refractivity contribution in [2.75, 3.05) is 27.7 Å². The van der Waals surface area contributed by atoms with Gasteiger partial charge in [0.25, 0.3) is 5.91 Å². The van der Waals surface area contributed by atoms with Crippen LogP contribution in [0, 0.1) is 0 Å². The Morgan fingerprint density at radius 3 is 2.55 bits per heavy atom. The molecule has 2 N–H and O–H groups in total. The molecule has 29 heavy (non-hydrogen) atoms. The summed E-state index contributed by atoms with van der Waals surface area (Å²) in [6.45, 7) is 0.690. The van der Waals surface area contributed by atoms with Crippen LogP contribution in [-0.4, -0.2) is 49.4 Å². The zero-order valence-electron chi connectivity index (χ0n) is 17.2. The number of hydrogen-bond donors (Lipinski definition) is 2. The molecule has 1 aromatic heterocycles. The van der Waals surface area contributed by atoms with Gasteiger partial charge in [-0.25, -0.2) is 4.98 Å². The van der Waals surface area contributed by atoms with Crippen LogP contribution in [-0.2, 0) is 24.2 Å². The van der Waals surface area contributed by atoms with Gasteiger partial charge in [0.05, 0.1) is 6.54 Å². The number of aryl methyl sites for hydroxylation is 2. The lowest BCUT2D eigenvalue weighted by atomic mass is 9.90. The Kier molecular flexibility index (Phi) is 6.82. The SMILES string of the molecule is CNC(=O)c1ncccc1Oc1cc2c(cc1CNC(=O)CN(C)C)CCCC2. The second kappa shape index (κ2) is 9.52. The molecule has 1 aliphatic carbocycles. The third-order valence-corrected chi connectivity index (χ3v) is 4.89. The molecule has 3 rings (SSSR count). The number of benzene rings is 1. The first-order chi connectivity index (χ1) is 14.0. The molecule has 2 aromatic rings. The molecule has 154 valence electrons. The fourth-order valence-corrected chi connectivity index (χ4v) is 3.46. The van der Waals surface area contributed by atoms with Crippen molar-refractivity contribution in [2.45, 2.75) is 32.2 Å². The number of likely N-dealkylation sites (N-methyl/N-ethyl adjacent to an activating group) is 1. The van der Waals surface area contributed by atoms with Crippen molar-refractivity contribution in [2.24, 2.45) is 0 Å². The van der Waals surface area contributed by atoms with Crippen LogP contribution in [0.3, 0.4) is 0 Å². The van der Waals surface area contributed by atoms with Crippen molar-refractivity contribution in [3.05, 3.63) is 52.8 Å². The average Bonchev–Trinajstić information content (AvgIpc) is 2.71. The van der Waals surface area contributed by atoms with E-state index in [0.717, 1.165) is 24.8 Å². The monoisotopic (exact) mass is 396 g/mol. The van der Waals surface area contributed by atoms with Gasteiger partial charge in [0, 0.05) is 25.4 Å². The molecule has 0 fully saturated rings. The number of aromatic nitrogens is 1. The Labute approximate surface area is 171 Å². The number of nitrogens with zero attached hydrogens (tertiary/aromatic N) is 2. The van der Waals surface area contributed by atoms with E-state index in [1.165, 1.54) is 17.5 Å². The largest absolute Gasteiger partial charge is 0.455 e. The Morgan fingerprint density at radius 2 is 1.86 bits per heavy atom. The average molecular weight is 396 g/mol. The lowest BCUT2D eigenvalue weighted by Crippen LogP contribution is -2.32. The lowest BCUT2D eigenvalue weighted by Gasteiger charge is -2.21. The summed E-state index contributed by atoms with van der Waals surface area (Å²) in [5, 5.41) is 5.54. The first-order valence-electron chi connectivity index (χ1n) is 9.89. The van der Waals surface area contributed by atoms with Gasteiger partial charge in [-0.15, -0.1) is 0 Å². The Bertz CT molecular complexity index is 896. The van der Waals surface area contributed by atoms with Crippen molar-refractivity contribution in [1.29, 1.82) is 0 Å². The van der Waals surface area contributed by atoms with E-state index in [4.69, 9.17) is 4.74 Å². The van der Waals surface area contributed by atoms with Crippen LogP contribution >= 0.6 is 0 Å². The molecular weight excluding hydrogens is 368 g/mol. The van der Waals surface area contributed by atoms with Crippen LogP contribution in [0.25, 0.3) is 0 Å². The number of ether oxygens (including phenoxy) is 1. The molecule has 0 radical (unpaired) electrons. The van der Waals surface area contributed by atoms with Gasteiger partial charge in [-0.05, 0) is 69.1 Å². The summed E-state index contributed by atoms with van der Waals surface area (Å²) >= 11 is 0. The van der Waals surface area contributed by atoms with Crippen LogP contribution in [0.5, 0.6) is 11.5 Å². The molecule has 0 saturated heterocycles. The van der Waals surface area contributed by atoms with E-state index >= 15 is 0 Å². The van der Waals surface area contributed by atoms with Crippen molar-refractivity contribution in [3.63, 3.8) is 0 Å². The molecule has 0 spiro atoms. The van der Waals surface area contributed by atoms with E-state index in [1.54, 1.807) is 25.4 Å². The molecule has 0 saturated carbocycles. The lowest BCUT2D eigenvalue weighted by molar-refractivity contribution is -0.121. The molecule has 0 aliphatic heterocycles. The third-order valence-electron chi connectivity index (χ3n) is 4.89. The van der Waals surface area contributed by atoms with Gasteiger partial charge in [-0.1, -0.05) is 6.07 Å². The highest BCUT2D eigenvalue weighted by Crippen LogP contribution is 2.33. The van der Waals surface area contributed by atoms with Crippen molar-refractivity contribution >= 4 is 11.8 Å². The second-order valence-corrected chi connectivity index (χ2v) is 7.48. The molecule has 1 aromatic carbocycles. The van der Waals surface area contributed by atoms with Gasteiger partial charge >= 0.3 is 0 Å². The van der Waals surface area contributed by atoms with Crippen LogP contribution in [0.15, 0.2) is 30.5 Å². The molecule has 2 amide bonds. The van der Waals surface area contributed by atoms with Crippen LogP contribution in [0.4, 0.5) is 0 Å². The van der Waals surface area contributed by atoms with E-state index in [2.05, 4.69) is 21.7 Å². The fraction of sp³-hybridized carbons (Fsp3) is 0.409. The van der Waals surface area contributed by atoms with Gasteiger partial charge in [-0.3, -0.25) is 9.59 Å². The summed E-state index contributed by atoms with van der Waals surface area (Å²) in [7, 11) is 5.27. The molecule has 0 unspecified atom stereocenters. The van der Waals surface area contributed by atoms with Gasteiger partial charge in [0.1, 0.15) is 5.75 Å². The third kappa shape index (κ3) is 5.32. The summed E-state index contributed by atoms with van der Waals surface area (Å²) < 4.78 is 6.16. The number of rotatable bonds is 7. The number of nitrogens with one attached hydrogen (secondary N) is 2. The second-order valence-electron chi connectivity index (χ2n) is 7.48. The maximum atomic E-state index is 12.1. The van der Waals surface area contributed by atoms with Gasteiger partial charge in [0.2, 0.25) is 5.91 Å². The van der Waals surface area contributed by atoms with Crippen LogP contribution in [0.1, 0.15) is 40.0 Å². The summed E-state index contributed by atoms with van der Waals surface area (Å²) in [6, 6.07) is 7.63. The normalized spacial score (nSPS) is 13.0. The molecule has 0 bridgehead atoms. The van der Waals surface area contributed by atoms with E-state index in [9.17, 15) is 9.59 Å². The van der Waals surface area contributed by atoms with Gasteiger partial charge in [-0.2, -0.15) is 0 Å². The molecular formula is C22H28N4O3. The first kappa shape index (κ1) is 20.8. The number of hydrogen-bond acceptors (Lipinski definition) is 5. The van der Waals surface area contributed by atoms with Crippen molar-refractivity contribution in [3.8, 4) is 11.5 Å². The minimum absolute atomic E-state index is 0.0499. The van der Waals surface area contributed by atoms with Crippen LogP contribution < -0.4 is 15.4 Å². The Balaban J connectivity index is 1.90. The summed E-state index contributed by atoms with van der Waals surface area (Å²) in [6.07, 6.45) is 5.93. The van der Waals surface area contributed by atoms with Crippen LogP contribution in [0.2, 0.25) is 0 Å². The smallest absolute Gasteiger partial charge is 0.273 e. The van der Waals surface area contributed by atoms with Gasteiger partial charge < -0.3 is 20.3 Å². The maximum Gasteiger partial charge on any atom is 0.273 e. The Hall–Kier alpha value is -2.93. The molecule has 1 heterocycles.